The van der Waals surface area contributed by atoms with Crippen molar-refractivity contribution < 1.29 is 0 Å². The second kappa shape index (κ2) is 18.4. The van der Waals surface area contributed by atoms with Crippen LogP contribution in [0.15, 0.2) is 218 Å². The van der Waals surface area contributed by atoms with Crippen LogP contribution in [0, 0.1) is 0 Å². The van der Waals surface area contributed by atoms with Crippen molar-refractivity contribution in [2.24, 2.45) is 0 Å². The van der Waals surface area contributed by atoms with Crippen molar-refractivity contribution in [3.05, 3.63) is 280 Å². The fourth-order valence-electron chi connectivity index (χ4n) is 12.0. The summed E-state index contributed by atoms with van der Waals surface area (Å²) in [6.07, 6.45) is 6.11. The molecule has 0 N–H and O–H groups in total. The van der Waals surface area contributed by atoms with Gasteiger partial charge in [-0.25, -0.2) is 0 Å². The molecular weight excluding hydrogens is 831 g/mol. The Hall–Kier alpha value is -7.22. The SMILES string of the molecule is CCCCCCc1ccc(N(c2ccc3c(c2)C(c2ccccc2)(c2ccc(C(C)C)cc2)c2ccccc2-3)c2ccc3c(c2)C(c2ccccc2)(c2ccc(C(C)C)cc2)c2ccccc2-3)cc1. The molecule has 9 aromatic rings. The molecule has 1 nitrogen and oxygen atoms in total. The minimum Gasteiger partial charge on any atom is -0.310 e. The first-order valence-corrected chi connectivity index (χ1v) is 25.5. The van der Waals surface area contributed by atoms with Crippen LogP contribution in [0.25, 0.3) is 22.3 Å². The van der Waals surface area contributed by atoms with Crippen molar-refractivity contribution in [1.82, 2.24) is 0 Å². The summed E-state index contributed by atoms with van der Waals surface area (Å²) in [7, 11) is 0. The third-order valence-electron chi connectivity index (χ3n) is 15.5. The molecule has 0 saturated heterocycles. The Labute approximate surface area is 411 Å². The number of aryl methyl sites for hydroxylation is 1. The summed E-state index contributed by atoms with van der Waals surface area (Å²) in [6, 6.07) is 83.7. The minimum absolute atomic E-state index is 0.443. The highest BCUT2D eigenvalue weighted by atomic mass is 15.1. The van der Waals surface area contributed by atoms with E-state index in [1.165, 1.54) is 109 Å². The second-order valence-electron chi connectivity index (χ2n) is 20.1. The average molecular weight is 894 g/mol. The van der Waals surface area contributed by atoms with E-state index in [1.807, 2.05) is 0 Å². The number of nitrogens with zero attached hydrogens (tertiary/aromatic N) is 1. The highest BCUT2D eigenvalue weighted by Gasteiger charge is 2.48. The maximum Gasteiger partial charge on any atom is 0.0714 e. The highest BCUT2D eigenvalue weighted by molar-refractivity contribution is 5.92. The molecule has 69 heavy (non-hydrogen) atoms. The van der Waals surface area contributed by atoms with E-state index >= 15 is 0 Å². The van der Waals surface area contributed by atoms with Gasteiger partial charge in [0.25, 0.3) is 0 Å². The molecule has 0 saturated carbocycles. The third kappa shape index (κ3) is 7.37. The van der Waals surface area contributed by atoms with Gasteiger partial charge in [0.05, 0.1) is 10.8 Å². The average Bonchev–Trinajstić information content (AvgIpc) is 3.86. The molecule has 340 valence electrons. The number of fused-ring (bicyclic) bond motifs is 6. The summed E-state index contributed by atoms with van der Waals surface area (Å²) < 4.78 is 0. The van der Waals surface area contributed by atoms with Gasteiger partial charge < -0.3 is 4.90 Å². The predicted molar refractivity (Wildman–Crippen MR) is 292 cm³/mol. The van der Waals surface area contributed by atoms with E-state index in [0.29, 0.717) is 11.8 Å². The normalized spacial score (nSPS) is 16.6. The zero-order valence-corrected chi connectivity index (χ0v) is 40.9. The molecular formula is C68H63N. The first kappa shape index (κ1) is 44.3. The van der Waals surface area contributed by atoms with Gasteiger partial charge in [-0.2, -0.15) is 0 Å². The van der Waals surface area contributed by atoms with Crippen LogP contribution in [0.4, 0.5) is 17.1 Å². The van der Waals surface area contributed by atoms with Gasteiger partial charge in [0, 0.05) is 17.1 Å². The molecule has 2 atom stereocenters. The van der Waals surface area contributed by atoms with E-state index in [1.54, 1.807) is 0 Å². The first-order chi connectivity index (χ1) is 33.8. The van der Waals surface area contributed by atoms with Crippen LogP contribution in [0.2, 0.25) is 0 Å². The van der Waals surface area contributed by atoms with E-state index in [2.05, 4.69) is 258 Å². The van der Waals surface area contributed by atoms with Crippen LogP contribution in [0.3, 0.4) is 0 Å². The smallest absolute Gasteiger partial charge is 0.0714 e. The molecule has 2 unspecified atom stereocenters. The molecule has 9 aromatic carbocycles. The Morgan fingerprint density at radius 3 is 1.17 bits per heavy atom. The molecule has 2 aliphatic rings. The topological polar surface area (TPSA) is 3.24 Å². The summed E-state index contributed by atoms with van der Waals surface area (Å²) in [4.78, 5) is 2.53. The summed E-state index contributed by atoms with van der Waals surface area (Å²) in [5.41, 5.74) is 22.0. The summed E-state index contributed by atoms with van der Waals surface area (Å²) >= 11 is 0. The second-order valence-corrected chi connectivity index (χ2v) is 20.1. The fourth-order valence-corrected chi connectivity index (χ4v) is 12.0. The molecule has 0 bridgehead atoms. The number of benzene rings is 9. The van der Waals surface area contributed by atoms with Gasteiger partial charge in [-0.1, -0.05) is 236 Å². The fraction of sp³-hybridized carbons (Fsp3) is 0.206. The molecule has 0 fully saturated rings. The first-order valence-electron chi connectivity index (χ1n) is 25.5. The summed E-state index contributed by atoms with van der Waals surface area (Å²) in [5.74, 6) is 0.885. The van der Waals surface area contributed by atoms with Crippen LogP contribution in [0.1, 0.15) is 133 Å². The molecule has 0 aromatic heterocycles. The molecule has 2 aliphatic carbocycles. The van der Waals surface area contributed by atoms with Crippen molar-refractivity contribution in [2.45, 2.75) is 89.4 Å². The van der Waals surface area contributed by atoms with Gasteiger partial charge in [-0.05, 0) is 145 Å². The van der Waals surface area contributed by atoms with E-state index in [0.717, 1.165) is 23.5 Å². The van der Waals surface area contributed by atoms with Gasteiger partial charge in [0.2, 0.25) is 0 Å². The van der Waals surface area contributed by atoms with Crippen molar-refractivity contribution >= 4 is 17.1 Å². The van der Waals surface area contributed by atoms with Crippen LogP contribution in [0.5, 0.6) is 0 Å². The number of anilines is 3. The number of hydrogen-bond donors (Lipinski definition) is 0. The van der Waals surface area contributed by atoms with Gasteiger partial charge >= 0.3 is 0 Å². The highest BCUT2D eigenvalue weighted by Crippen LogP contribution is 2.59. The van der Waals surface area contributed by atoms with E-state index in [4.69, 9.17) is 0 Å². The maximum absolute atomic E-state index is 2.53. The number of rotatable bonds is 14. The Bertz CT molecular complexity index is 3040. The molecule has 0 spiro atoms. The largest absolute Gasteiger partial charge is 0.310 e. The van der Waals surface area contributed by atoms with Crippen LogP contribution < -0.4 is 4.90 Å². The minimum atomic E-state index is -0.531. The van der Waals surface area contributed by atoms with Crippen LogP contribution >= 0.6 is 0 Å². The lowest BCUT2D eigenvalue weighted by Gasteiger charge is -2.36. The summed E-state index contributed by atoms with van der Waals surface area (Å²) in [5, 5.41) is 0. The zero-order valence-electron chi connectivity index (χ0n) is 40.9. The Balaban J connectivity index is 1.16. The third-order valence-corrected chi connectivity index (χ3v) is 15.5. The van der Waals surface area contributed by atoms with Crippen molar-refractivity contribution in [2.75, 3.05) is 4.90 Å². The van der Waals surface area contributed by atoms with Crippen molar-refractivity contribution in [1.29, 1.82) is 0 Å². The molecule has 0 radical (unpaired) electrons. The quantitative estimate of drug-likeness (QED) is 0.0983. The van der Waals surface area contributed by atoms with Crippen LogP contribution in [-0.4, -0.2) is 0 Å². The predicted octanol–water partition coefficient (Wildman–Crippen LogP) is 18.3. The van der Waals surface area contributed by atoms with Gasteiger partial charge in [-0.3, -0.25) is 0 Å². The van der Waals surface area contributed by atoms with Crippen LogP contribution in [-0.2, 0) is 17.3 Å². The Morgan fingerprint density at radius 1 is 0.348 bits per heavy atom. The van der Waals surface area contributed by atoms with Gasteiger partial charge in [-0.15, -0.1) is 0 Å². The van der Waals surface area contributed by atoms with Crippen molar-refractivity contribution in [3.63, 3.8) is 0 Å². The zero-order chi connectivity index (χ0) is 47.1. The number of hydrogen-bond acceptors (Lipinski definition) is 1. The monoisotopic (exact) mass is 893 g/mol. The molecule has 11 rings (SSSR count). The molecule has 0 amide bonds. The van der Waals surface area contributed by atoms with E-state index in [-0.39, 0.29) is 0 Å². The summed E-state index contributed by atoms with van der Waals surface area (Å²) in [6.45, 7) is 11.4. The molecule has 0 heterocycles. The molecule has 1 heteroatoms. The number of unbranched alkanes of at least 4 members (excludes halogenated alkanes) is 3. The lowest BCUT2D eigenvalue weighted by molar-refractivity contribution is 0.667. The van der Waals surface area contributed by atoms with Gasteiger partial charge in [0.1, 0.15) is 0 Å². The standard InChI is InChI=1S/C68H63N/c1-6-7-8-11-20-49-29-39-56(40-30-49)69(57-41-43-61-59-25-16-18-27-63(59)67(65(61)45-57,52-21-12-9-13-22-52)54-35-31-50(32-36-54)47(2)3)58-42-44-62-60-26-17-19-28-64(60)68(66(62)46-58,53-23-14-10-15-24-53)55-37-33-51(34-38-55)48(4)5/h9-10,12-19,21-48H,6-8,11,20H2,1-5H3. The maximum atomic E-state index is 2.53. The van der Waals surface area contributed by atoms with Gasteiger partial charge in [0.15, 0.2) is 0 Å². The lowest BCUT2D eigenvalue weighted by atomic mass is 9.67. The van der Waals surface area contributed by atoms with E-state index < -0.39 is 10.8 Å². The molecule has 0 aliphatic heterocycles. The Kier molecular flexibility index (Phi) is 11.8. The Morgan fingerprint density at radius 2 is 0.739 bits per heavy atom. The van der Waals surface area contributed by atoms with E-state index in [9.17, 15) is 0 Å². The lowest BCUT2D eigenvalue weighted by Crippen LogP contribution is -2.29. The van der Waals surface area contributed by atoms with Crippen molar-refractivity contribution in [3.8, 4) is 22.3 Å².